The van der Waals surface area contributed by atoms with Crippen LogP contribution < -0.4 is 15.0 Å². The van der Waals surface area contributed by atoms with Gasteiger partial charge < -0.3 is 19.7 Å². The van der Waals surface area contributed by atoms with E-state index in [2.05, 4.69) is 49.2 Å². The first-order chi connectivity index (χ1) is 10.6. The molecule has 1 heterocycles. The minimum absolute atomic E-state index is 0.254. The molecule has 2 rings (SSSR count). The summed E-state index contributed by atoms with van der Waals surface area (Å²) in [5.74, 6) is 0.955. The number of rotatable bonds is 7. The van der Waals surface area contributed by atoms with Crippen LogP contribution in [0.3, 0.4) is 0 Å². The number of hydrogen-bond acceptors (Lipinski definition) is 4. The zero-order valence-electron chi connectivity index (χ0n) is 14.4. The third-order valence-electron chi connectivity index (χ3n) is 4.04. The number of methoxy groups -OCH3 is 1. The van der Waals surface area contributed by atoms with Crippen molar-refractivity contribution in [1.82, 2.24) is 5.32 Å². The van der Waals surface area contributed by atoms with Crippen molar-refractivity contribution < 1.29 is 9.47 Å². The highest BCUT2D eigenvalue weighted by atomic mass is 16.5. The van der Waals surface area contributed by atoms with E-state index in [0.717, 1.165) is 31.9 Å². The van der Waals surface area contributed by atoms with E-state index in [1.54, 1.807) is 7.11 Å². The van der Waals surface area contributed by atoms with Gasteiger partial charge in [0, 0.05) is 19.6 Å². The second kappa shape index (κ2) is 8.39. The van der Waals surface area contributed by atoms with Crippen LogP contribution in [0.2, 0.25) is 0 Å². The highest BCUT2D eigenvalue weighted by Gasteiger charge is 2.24. The van der Waals surface area contributed by atoms with Crippen LogP contribution >= 0.6 is 0 Å². The molecular weight excluding hydrogens is 276 g/mol. The van der Waals surface area contributed by atoms with Crippen LogP contribution in [0.1, 0.15) is 39.2 Å². The lowest BCUT2D eigenvalue weighted by molar-refractivity contribution is -0.00532. The lowest BCUT2D eigenvalue weighted by Crippen LogP contribution is -2.45. The van der Waals surface area contributed by atoms with Crippen molar-refractivity contribution in [3.05, 3.63) is 23.8 Å². The van der Waals surface area contributed by atoms with Crippen molar-refractivity contribution in [1.29, 1.82) is 0 Å². The highest BCUT2D eigenvalue weighted by molar-refractivity contribution is 5.60. The molecule has 1 aromatic rings. The van der Waals surface area contributed by atoms with Crippen LogP contribution in [0.15, 0.2) is 18.2 Å². The number of nitrogens with zero attached hydrogens (tertiary/aromatic N) is 1. The van der Waals surface area contributed by atoms with Gasteiger partial charge >= 0.3 is 0 Å². The van der Waals surface area contributed by atoms with Crippen molar-refractivity contribution in [2.45, 2.75) is 52.4 Å². The molecular formula is C18H30N2O2. The summed E-state index contributed by atoms with van der Waals surface area (Å²) >= 11 is 0. The molecule has 0 amide bonds. The van der Waals surface area contributed by atoms with Crippen LogP contribution in [0.5, 0.6) is 5.75 Å². The fraction of sp³-hybridized carbons (Fsp3) is 0.667. The molecule has 0 spiro atoms. The summed E-state index contributed by atoms with van der Waals surface area (Å²) in [6.07, 6.45) is 2.95. The molecule has 4 heteroatoms. The molecule has 1 aromatic carbocycles. The predicted molar refractivity (Wildman–Crippen MR) is 91.8 cm³/mol. The van der Waals surface area contributed by atoms with Crippen LogP contribution in [0, 0.1) is 0 Å². The number of unbranched alkanes of at least 4 members (excludes halogenated alkanes) is 1. The van der Waals surface area contributed by atoms with E-state index in [9.17, 15) is 0 Å². The Hall–Kier alpha value is -1.26. The molecule has 1 fully saturated rings. The summed E-state index contributed by atoms with van der Waals surface area (Å²) in [7, 11) is 1.75. The molecule has 22 heavy (non-hydrogen) atoms. The monoisotopic (exact) mass is 306 g/mol. The van der Waals surface area contributed by atoms with Crippen LogP contribution in [-0.2, 0) is 11.3 Å². The number of ether oxygens (including phenoxy) is 2. The van der Waals surface area contributed by atoms with Gasteiger partial charge in [0.1, 0.15) is 5.75 Å². The SMILES string of the molecule is CCCCNCc1ccc(N2CC(C)OC(C)C2)c(OC)c1. The van der Waals surface area contributed by atoms with Gasteiger partial charge in [0.2, 0.25) is 0 Å². The van der Waals surface area contributed by atoms with Gasteiger partial charge in [0.25, 0.3) is 0 Å². The first kappa shape index (κ1) is 17.1. The van der Waals surface area contributed by atoms with Gasteiger partial charge in [-0.3, -0.25) is 0 Å². The smallest absolute Gasteiger partial charge is 0.142 e. The molecule has 0 radical (unpaired) electrons. The van der Waals surface area contributed by atoms with E-state index in [1.807, 2.05) is 0 Å². The fourth-order valence-corrected chi connectivity index (χ4v) is 3.00. The Morgan fingerprint density at radius 1 is 1.27 bits per heavy atom. The Morgan fingerprint density at radius 2 is 2.00 bits per heavy atom. The van der Waals surface area contributed by atoms with Gasteiger partial charge in [-0.05, 0) is 44.5 Å². The van der Waals surface area contributed by atoms with Crippen molar-refractivity contribution in [2.75, 3.05) is 31.6 Å². The maximum Gasteiger partial charge on any atom is 0.142 e. The molecule has 1 aliphatic rings. The number of benzene rings is 1. The molecule has 1 N–H and O–H groups in total. The van der Waals surface area contributed by atoms with E-state index in [0.29, 0.717) is 0 Å². The number of hydrogen-bond donors (Lipinski definition) is 1. The second-order valence-corrected chi connectivity index (χ2v) is 6.20. The molecule has 0 saturated carbocycles. The van der Waals surface area contributed by atoms with Crippen molar-refractivity contribution in [3.63, 3.8) is 0 Å². The van der Waals surface area contributed by atoms with Gasteiger partial charge in [-0.2, -0.15) is 0 Å². The second-order valence-electron chi connectivity index (χ2n) is 6.20. The maximum absolute atomic E-state index is 5.82. The summed E-state index contributed by atoms with van der Waals surface area (Å²) in [5, 5.41) is 3.48. The Kier molecular flexibility index (Phi) is 6.52. The summed E-state index contributed by atoms with van der Waals surface area (Å²) in [5.41, 5.74) is 2.44. The first-order valence-electron chi connectivity index (χ1n) is 8.42. The van der Waals surface area contributed by atoms with Crippen molar-refractivity contribution in [3.8, 4) is 5.75 Å². The standard InChI is InChI=1S/C18H30N2O2/c1-5-6-9-19-11-16-7-8-17(18(10-16)21-4)20-12-14(2)22-15(3)13-20/h7-8,10,14-15,19H,5-6,9,11-13H2,1-4H3. The predicted octanol–water partition coefficient (Wildman–Crippen LogP) is 3.20. The van der Waals surface area contributed by atoms with Crippen molar-refractivity contribution in [2.24, 2.45) is 0 Å². The van der Waals surface area contributed by atoms with Gasteiger partial charge in [-0.1, -0.05) is 19.4 Å². The Morgan fingerprint density at radius 3 is 2.64 bits per heavy atom. The zero-order chi connectivity index (χ0) is 15.9. The largest absolute Gasteiger partial charge is 0.495 e. The van der Waals surface area contributed by atoms with E-state index in [4.69, 9.17) is 9.47 Å². The van der Waals surface area contributed by atoms with Gasteiger partial charge in [-0.25, -0.2) is 0 Å². The Balaban J connectivity index is 2.05. The number of morpholine rings is 1. The minimum atomic E-state index is 0.254. The Labute approximate surface area is 134 Å². The molecule has 1 aliphatic heterocycles. The summed E-state index contributed by atoms with van der Waals surface area (Å²) in [6, 6.07) is 6.53. The molecule has 124 valence electrons. The molecule has 0 aliphatic carbocycles. The van der Waals surface area contributed by atoms with E-state index in [-0.39, 0.29) is 12.2 Å². The number of nitrogens with one attached hydrogen (secondary N) is 1. The first-order valence-corrected chi connectivity index (χ1v) is 8.42. The van der Waals surface area contributed by atoms with Crippen LogP contribution in [0.4, 0.5) is 5.69 Å². The van der Waals surface area contributed by atoms with Gasteiger partial charge in [0.15, 0.2) is 0 Å². The third-order valence-corrected chi connectivity index (χ3v) is 4.04. The highest BCUT2D eigenvalue weighted by Crippen LogP contribution is 2.31. The normalized spacial score (nSPS) is 21.9. The van der Waals surface area contributed by atoms with Gasteiger partial charge in [-0.15, -0.1) is 0 Å². The molecule has 2 atom stereocenters. The summed E-state index contributed by atoms with van der Waals surface area (Å²) in [6.45, 7) is 10.3. The molecule has 0 bridgehead atoms. The summed E-state index contributed by atoms with van der Waals surface area (Å²) in [4.78, 5) is 2.37. The quantitative estimate of drug-likeness (QED) is 0.784. The lowest BCUT2D eigenvalue weighted by atomic mass is 10.1. The molecule has 1 saturated heterocycles. The topological polar surface area (TPSA) is 33.7 Å². The zero-order valence-corrected chi connectivity index (χ0v) is 14.4. The third kappa shape index (κ3) is 4.62. The van der Waals surface area contributed by atoms with Crippen molar-refractivity contribution >= 4 is 5.69 Å². The van der Waals surface area contributed by atoms with E-state index in [1.165, 1.54) is 24.1 Å². The molecule has 4 nitrogen and oxygen atoms in total. The number of anilines is 1. The van der Waals surface area contributed by atoms with E-state index < -0.39 is 0 Å². The van der Waals surface area contributed by atoms with Gasteiger partial charge in [0.05, 0.1) is 25.0 Å². The summed E-state index contributed by atoms with van der Waals surface area (Å²) < 4.78 is 11.4. The Bertz CT molecular complexity index is 454. The van der Waals surface area contributed by atoms with Crippen LogP contribution in [0.25, 0.3) is 0 Å². The lowest BCUT2D eigenvalue weighted by Gasteiger charge is -2.37. The van der Waals surface area contributed by atoms with E-state index >= 15 is 0 Å². The molecule has 0 aromatic heterocycles. The minimum Gasteiger partial charge on any atom is -0.495 e. The maximum atomic E-state index is 5.82. The fourth-order valence-electron chi connectivity index (χ4n) is 3.00. The molecule has 2 unspecified atom stereocenters. The van der Waals surface area contributed by atoms with Crippen LogP contribution in [-0.4, -0.2) is 39.0 Å². The average molecular weight is 306 g/mol. The average Bonchev–Trinajstić information content (AvgIpc) is 2.50.